The highest BCUT2D eigenvalue weighted by molar-refractivity contribution is 6.30. The normalized spacial score (nSPS) is 21.9. The van der Waals surface area contributed by atoms with Gasteiger partial charge >= 0.3 is 0 Å². The minimum atomic E-state index is -1.16. The molecule has 11 heteroatoms. The van der Waals surface area contributed by atoms with Gasteiger partial charge < -0.3 is 20.1 Å². The molecule has 1 aromatic heterocycles. The molecule has 1 aliphatic carbocycles. The lowest BCUT2D eigenvalue weighted by molar-refractivity contribution is -0.145. The first kappa shape index (κ1) is 29.1. The molecule has 2 aliphatic rings. The quantitative estimate of drug-likeness (QED) is 0.390. The molecule has 1 saturated heterocycles. The molecule has 2 heterocycles. The zero-order valence-electron chi connectivity index (χ0n) is 23.8. The Kier molecular flexibility index (Phi) is 7.97. The van der Waals surface area contributed by atoms with E-state index in [-0.39, 0.29) is 22.8 Å². The van der Waals surface area contributed by atoms with Crippen LogP contribution in [0.25, 0.3) is 0 Å². The number of ether oxygens (including phenoxy) is 2. The van der Waals surface area contributed by atoms with E-state index in [2.05, 4.69) is 11.2 Å². The standard InChI is InChI=1S/C31H32ClN5O5/c1-16-23(29(32)36(2)35-16)26-25(28(38)18-10-8-17(15-33)9-11-18)24(20-12-13-21(41-3)22(14-20)42-4)27(30(34)39)37(26)31(40)19-6-5-7-19/h8-14,19,24-27H,5-7H2,1-4H3,(H2,34,39). The number of amides is 2. The zero-order valence-corrected chi connectivity index (χ0v) is 24.6. The molecule has 2 N–H and O–H groups in total. The lowest BCUT2D eigenvalue weighted by Gasteiger charge is -2.36. The molecule has 2 amide bonds. The van der Waals surface area contributed by atoms with E-state index < -0.39 is 29.8 Å². The topological polar surface area (TPSA) is 141 Å². The summed E-state index contributed by atoms with van der Waals surface area (Å²) in [7, 11) is 4.69. The highest BCUT2D eigenvalue weighted by Crippen LogP contribution is 2.54. The highest BCUT2D eigenvalue weighted by atomic mass is 35.5. The lowest BCUT2D eigenvalue weighted by Crippen LogP contribution is -2.49. The molecule has 2 aromatic carbocycles. The number of benzene rings is 2. The number of primary amides is 1. The van der Waals surface area contributed by atoms with Crippen molar-refractivity contribution in [3.63, 3.8) is 0 Å². The first-order valence-electron chi connectivity index (χ1n) is 13.7. The number of nitriles is 1. The first-order valence-corrected chi connectivity index (χ1v) is 14.1. The third-order valence-corrected chi connectivity index (χ3v) is 9.00. The molecule has 42 heavy (non-hydrogen) atoms. The van der Waals surface area contributed by atoms with Gasteiger partial charge in [-0.15, -0.1) is 0 Å². The Balaban J connectivity index is 1.80. The van der Waals surface area contributed by atoms with Gasteiger partial charge in [0, 0.05) is 30.0 Å². The SMILES string of the molecule is COc1ccc(C2C(C(=O)c3ccc(C#N)cc3)C(c3c(C)nn(C)c3Cl)N(C(=O)C3CCC3)C2C(N)=O)cc1OC. The number of nitrogens with zero attached hydrogens (tertiary/aromatic N) is 4. The van der Waals surface area contributed by atoms with Gasteiger partial charge in [-0.3, -0.25) is 19.1 Å². The number of Topliss-reactive ketones (excluding diaryl/α,β-unsaturated/α-hetero) is 1. The Morgan fingerprint density at radius 1 is 1.07 bits per heavy atom. The number of carbonyl (C=O) groups excluding carboxylic acids is 3. The Morgan fingerprint density at radius 2 is 1.74 bits per heavy atom. The van der Waals surface area contributed by atoms with Crippen LogP contribution in [0.5, 0.6) is 11.5 Å². The summed E-state index contributed by atoms with van der Waals surface area (Å²) in [5.41, 5.74) is 8.44. The third-order valence-electron chi connectivity index (χ3n) is 8.55. The monoisotopic (exact) mass is 589 g/mol. The van der Waals surface area contributed by atoms with E-state index >= 15 is 0 Å². The van der Waals surface area contributed by atoms with E-state index in [1.54, 1.807) is 56.4 Å². The molecule has 1 aliphatic heterocycles. The van der Waals surface area contributed by atoms with Crippen molar-refractivity contribution >= 4 is 29.2 Å². The molecule has 1 saturated carbocycles. The second kappa shape index (κ2) is 11.5. The fourth-order valence-electron chi connectivity index (χ4n) is 6.32. The molecule has 2 fully saturated rings. The van der Waals surface area contributed by atoms with E-state index in [0.29, 0.717) is 52.3 Å². The average Bonchev–Trinajstić information content (AvgIpc) is 3.43. The number of methoxy groups -OCH3 is 2. The summed E-state index contributed by atoms with van der Waals surface area (Å²) < 4.78 is 12.5. The van der Waals surface area contributed by atoms with Crippen molar-refractivity contribution in [3.05, 3.63) is 75.6 Å². The highest BCUT2D eigenvalue weighted by Gasteiger charge is 2.59. The van der Waals surface area contributed by atoms with Gasteiger partial charge in [0.1, 0.15) is 11.2 Å². The predicted molar refractivity (Wildman–Crippen MR) is 154 cm³/mol. The Hall–Kier alpha value is -4.36. The fraction of sp³-hybridized carbons (Fsp3) is 0.387. The summed E-state index contributed by atoms with van der Waals surface area (Å²) in [6.45, 7) is 1.76. The molecular formula is C31H32ClN5O5. The van der Waals surface area contributed by atoms with Crippen LogP contribution in [0.3, 0.4) is 0 Å². The van der Waals surface area contributed by atoms with E-state index in [4.69, 9.17) is 26.8 Å². The van der Waals surface area contributed by atoms with Crippen molar-refractivity contribution in [2.75, 3.05) is 14.2 Å². The molecule has 4 atom stereocenters. The van der Waals surface area contributed by atoms with E-state index in [1.807, 2.05) is 0 Å². The van der Waals surface area contributed by atoms with Crippen molar-refractivity contribution in [2.45, 2.75) is 44.2 Å². The van der Waals surface area contributed by atoms with Gasteiger partial charge in [0.25, 0.3) is 0 Å². The Bertz CT molecular complexity index is 1590. The van der Waals surface area contributed by atoms with Crippen LogP contribution in [-0.2, 0) is 16.6 Å². The van der Waals surface area contributed by atoms with Crippen LogP contribution < -0.4 is 15.2 Å². The van der Waals surface area contributed by atoms with Gasteiger partial charge in [-0.2, -0.15) is 10.4 Å². The number of halogens is 1. The molecule has 0 radical (unpaired) electrons. The maximum atomic E-state index is 14.6. The number of aryl methyl sites for hydroxylation is 2. The summed E-state index contributed by atoms with van der Waals surface area (Å²) in [5, 5.41) is 14.1. The summed E-state index contributed by atoms with van der Waals surface area (Å²) in [5.74, 6) is -2.55. The number of carbonyl (C=O) groups is 3. The van der Waals surface area contributed by atoms with Crippen molar-refractivity contribution in [1.82, 2.24) is 14.7 Å². The van der Waals surface area contributed by atoms with Crippen LogP contribution in [0.15, 0.2) is 42.5 Å². The maximum absolute atomic E-state index is 14.6. The smallest absolute Gasteiger partial charge is 0.240 e. The predicted octanol–water partition coefficient (Wildman–Crippen LogP) is 4.09. The van der Waals surface area contributed by atoms with Crippen molar-refractivity contribution < 1.29 is 23.9 Å². The maximum Gasteiger partial charge on any atom is 0.240 e. The average molecular weight is 590 g/mol. The van der Waals surface area contributed by atoms with Crippen LogP contribution in [0.4, 0.5) is 0 Å². The minimum absolute atomic E-state index is 0.241. The third kappa shape index (κ3) is 4.77. The second-order valence-electron chi connectivity index (χ2n) is 10.8. The molecule has 218 valence electrons. The van der Waals surface area contributed by atoms with Gasteiger partial charge in [-0.05, 0) is 49.6 Å². The van der Waals surface area contributed by atoms with E-state index in [1.165, 1.54) is 23.8 Å². The molecule has 0 spiro atoms. The fourth-order valence-corrected chi connectivity index (χ4v) is 6.61. The largest absolute Gasteiger partial charge is 0.493 e. The van der Waals surface area contributed by atoms with E-state index in [0.717, 1.165) is 6.42 Å². The van der Waals surface area contributed by atoms with Crippen molar-refractivity contribution in [3.8, 4) is 17.6 Å². The summed E-state index contributed by atoms with van der Waals surface area (Å²) in [4.78, 5) is 43.7. The first-order chi connectivity index (χ1) is 20.1. The molecule has 3 aromatic rings. The van der Waals surface area contributed by atoms with Gasteiger partial charge in [-0.1, -0.05) is 36.2 Å². The van der Waals surface area contributed by atoms with Crippen molar-refractivity contribution in [2.24, 2.45) is 24.6 Å². The summed E-state index contributed by atoms with van der Waals surface area (Å²) in [6, 6.07) is 11.4. The minimum Gasteiger partial charge on any atom is -0.493 e. The Morgan fingerprint density at radius 3 is 2.24 bits per heavy atom. The van der Waals surface area contributed by atoms with Gasteiger partial charge in [0.05, 0.1) is 43.5 Å². The van der Waals surface area contributed by atoms with Gasteiger partial charge in [-0.25, -0.2) is 0 Å². The van der Waals surface area contributed by atoms with E-state index in [9.17, 15) is 19.6 Å². The number of hydrogen-bond acceptors (Lipinski definition) is 7. The van der Waals surface area contributed by atoms with Crippen LogP contribution in [0.1, 0.15) is 64.0 Å². The number of rotatable bonds is 8. The van der Waals surface area contributed by atoms with Crippen LogP contribution in [0, 0.1) is 30.1 Å². The second-order valence-corrected chi connectivity index (χ2v) is 11.2. The molecular weight excluding hydrogens is 558 g/mol. The lowest BCUT2D eigenvalue weighted by atomic mass is 9.76. The van der Waals surface area contributed by atoms with Crippen LogP contribution in [0.2, 0.25) is 5.15 Å². The molecule has 10 nitrogen and oxygen atoms in total. The number of nitrogens with two attached hydrogens (primary N) is 1. The molecule has 5 rings (SSSR count). The van der Waals surface area contributed by atoms with Crippen LogP contribution in [-0.4, -0.2) is 52.5 Å². The number of ketones is 1. The summed E-state index contributed by atoms with van der Waals surface area (Å²) in [6.07, 6.45) is 2.26. The van der Waals surface area contributed by atoms with Gasteiger partial charge in [0.2, 0.25) is 11.8 Å². The molecule has 0 bridgehead atoms. The van der Waals surface area contributed by atoms with Crippen molar-refractivity contribution in [1.29, 1.82) is 5.26 Å². The molecule has 4 unspecified atom stereocenters. The number of hydrogen-bond donors (Lipinski definition) is 1. The number of likely N-dealkylation sites (tertiary alicyclic amines) is 1. The van der Waals surface area contributed by atoms with Crippen LogP contribution >= 0.6 is 11.6 Å². The Labute approximate surface area is 248 Å². The van der Waals surface area contributed by atoms with Gasteiger partial charge in [0.15, 0.2) is 17.3 Å². The number of aromatic nitrogens is 2. The zero-order chi connectivity index (χ0) is 30.3. The summed E-state index contributed by atoms with van der Waals surface area (Å²) >= 11 is 6.82.